The highest BCUT2D eigenvalue weighted by Gasteiger charge is 2.07. The minimum Gasteiger partial charge on any atom is -0.452 e. The van der Waals surface area contributed by atoms with Crippen LogP contribution in [-0.2, 0) is 14.3 Å². The fourth-order valence-corrected chi connectivity index (χ4v) is 3.31. The normalized spacial score (nSPS) is 10.4. The molecule has 2 aromatic carbocycles. The Morgan fingerprint density at radius 3 is 2.68 bits per heavy atom. The number of thiophene rings is 1. The molecule has 0 bridgehead atoms. The lowest BCUT2D eigenvalue weighted by atomic mass is 10.2. The van der Waals surface area contributed by atoms with Gasteiger partial charge in [-0.05, 0) is 42.0 Å². The molecule has 6 heteroatoms. The minimum absolute atomic E-state index is 0.403. The summed E-state index contributed by atoms with van der Waals surface area (Å²) in [6.45, 7) is -0.403. The van der Waals surface area contributed by atoms with Crippen molar-refractivity contribution >= 4 is 35.0 Å². The molecule has 138 valence electrons. The largest absolute Gasteiger partial charge is 0.452 e. The van der Waals surface area contributed by atoms with E-state index < -0.39 is 18.5 Å². The van der Waals surface area contributed by atoms with Crippen LogP contribution >= 0.6 is 11.3 Å². The molecule has 0 aliphatic heterocycles. The minimum atomic E-state index is -0.601. The van der Waals surface area contributed by atoms with Crippen molar-refractivity contribution in [2.75, 3.05) is 11.9 Å². The number of nitrogens with zero attached hydrogens (tertiary/aromatic N) is 1. The van der Waals surface area contributed by atoms with Gasteiger partial charge in [0.05, 0.1) is 11.6 Å². The molecular weight excluding hydrogens is 372 g/mol. The van der Waals surface area contributed by atoms with Crippen LogP contribution in [0, 0.1) is 11.3 Å². The van der Waals surface area contributed by atoms with E-state index in [4.69, 9.17) is 10.00 Å². The standard InChI is InChI=1S/C22H16N2O3S/c23-14-16-5-4-8-18(13-16)24-21(25)15-27-22(26)12-10-19-9-11-20(28-19)17-6-2-1-3-7-17/h1-13H,15H2,(H,24,25)/b12-10+. The maximum atomic E-state index is 11.9. The van der Waals surface area contributed by atoms with E-state index in [9.17, 15) is 9.59 Å². The van der Waals surface area contributed by atoms with E-state index in [0.29, 0.717) is 11.3 Å². The molecule has 0 aliphatic rings. The van der Waals surface area contributed by atoms with Gasteiger partial charge in [0.25, 0.3) is 5.91 Å². The number of ether oxygens (including phenoxy) is 1. The number of nitriles is 1. The van der Waals surface area contributed by atoms with Crippen LogP contribution in [-0.4, -0.2) is 18.5 Å². The Hall–Kier alpha value is -3.69. The molecule has 0 spiro atoms. The highest BCUT2D eigenvalue weighted by atomic mass is 32.1. The fourth-order valence-electron chi connectivity index (χ4n) is 2.40. The van der Waals surface area contributed by atoms with Gasteiger partial charge in [-0.1, -0.05) is 36.4 Å². The van der Waals surface area contributed by atoms with Crippen LogP contribution in [0.1, 0.15) is 10.4 Å². The van der Waals surface area contributed by atoms with Crippen molar-refractivity contribution < 1.29 is 14.3 Å². The summed E-state index contributed by atoms with van der Waals surface area (Å²) in [7, 11) is 0. The highest BCUT2D eigenvalue weighted by Crippen LogP contribution is 2.28. The zero-order valence-corrected chi connectivity index (χ0v) is 15.6. The molecule has 0 atom stereocenters. The number of hydrogen-bond donors (Lipinski definition) is 1. The molecule has 0 radical (unpaired) electrons. The molecule has 0 aliphatic carbocycles. The average molecular weight is 388 g/mol. The van der Waals surface area contributed by atoms with Crippen LogP contribution in [0.2, 0.25) is 0 Å². The molecular formula is C22H16N2O3S. The van der Waals surface area contributed by atoms with Gasteiger partial charge in [-0.15, -0.1) is 11.3 Å². The lowest BCUT2D eigenvalue weighted by molar-refractivity contribution is -0.142. The number of esters is 1. The molecule has 1 heterocycles. The summed E-state index contributed by atoms with van der Waals surface area (Å²) in [6.07, 6.45) is 2.96. The molecule has 3 aromatic rings. The summed E-state index contributed by atoms with van der Waals surface area (Å²) in [6, 6.07) is 22.4. The van der Waals surface area contributed by atoms with Crippen molar-refractivity contribution in [3.05, 3.63) is 83.2 Å². The summed E-state index contributed by atoms with van der Waals surface area (Å²) >= 11 is 1.56. The van der Waals surface area contributed by atoms with E-state index in [1.807, 2.05) is 48.5 Å². The van der Waals surface area contributed by atoms with E-state index in [1.54, 1.807) is 41.7 Å². The second-order valence-corrected chi connectivity index (χ2v) is 6.87. The Labute approximate surface area is 166 Å². The summed E-state index contributed by atoms with van der Waals surface area (Å²) < 4.78 is 4.95. The third-order valence-corrected chi connectivity index (χ3v) is 4.79. The summed E-state index contributed by atoms with van der Waals surface area (Å²) in [4.78, 5) is 25.7. The van der Waals surface area contributed by atoms with E-state index in [-0.39, 0.29) is 0 Å². The van der Waals surface area contributed by atoms with Gasteiger partial charge < -0.3 is 10.1 Å². The smallest absolute Gasteiger partial charge is 0.331 e. The number of carbonyl (C=O) groups is 2. The lowest BCUT2D eigenvalue weighted by Crippen LogP contribution is -2.20. The maximum Gasteiger partial charge on any atom is 0.331 e. The first-order chi connectivity index (χ1) is 13.6. The monoisotopic (exact) mass is 388 g/mol. The van der Waals surface area contributed by atoms with Crippen LogP contribution in [0.3, 0.4) is 0 Å². The molecule has 0 saturated heterocycles. The van der Waals surface area contributed by atoms with Gasteiger partial charge in [0, 0.05) is 21.5 Å². The predicted octanol–water partition coefficient (Wildman–Crippen LogP) is 4.48. The molecule has 28 heavy (non-hydrogen) atoms. The molecule has 0 fully saturated rings. The summed E-state index contributed by atoms with van der Waals surface area (Å²) in [5, 5.41) is 11.4. The summed E-state index contributed by atoms with van der Waals surface area (Å²) in [5.74, 6) is -1.07. The summed E-state index contributed by atoms with van der Waals surface area (Å²) in [5.41, 5.74) is 2.03. The second kappa shape index (κ2) is 9.31. The fraction of sp³-hybridized carbons (Fsp3) is 0.0455. The second-order valence-electron chi connectivity index (χ2n) is 5.75. The van der Waals surface area contributed by atoms with Crippen LogP contribution < -0.4 is 5.32 Å². The first-order valence-corrected chi connectivity index (χ1v) is 9.26. The SMILES string of the molecule is N#Cc1cccc(NC(=O)COC(=O)/C=C/c2ccc(-c3ccccc3)s2)c1. The van der Waals surface area contributed by atoms with Gasteiger partial charge in [0.2, 0.25) is 0 Å². The Morgan fingerprint density at radius 1 is 1.07 bits per heavy atom. The third-order valence-electron chi connectivity index (χ3n) is 3.69. The van der Waals surface area contributed by atoms with Gasteiger partial charge in [-0.25, -0.2) is 4.79 Å². The van der Waals surface area contributed by atoms with Gasteiger partial charge in [0.15, 0.2) is 6.61 Å². The maximum absolute atomic E-state index is 11.9. The number of rotatable bonds is 6. The van der Waals surface area contributed by atoms with Gasteiger partial charge in [-0.3, -0.25) is 4.79 Å². The molecule has 5 nitrogen and oxygen atoms in total. The van der Waals surface area contributed by atoms with Crippen molar-refractivity contribution in [1.29, 1.82) is 5.26 Å². The molecule has 0 unspecified atom stereocenters. The van der Waals surface area contributed by atoms with E-state index in [1.165, 1.54) is 6.08 Å². The van der Waals surface area contributed by atoms with Crippen molar-refractivity contribution in [2.24, 2.45) is 0 Å². The van der Waals surface area contributed by atoms with Crippen molar-refractivity contribution in [2.45, 2.75) is 0 Å². The number of carbonyl (C=O) groups excluding carboxylic acids is 2. The third kappa shape index (κ3) is 5.40. The van der Waals surface area contributed by atoms with Crippen molar-refractivity contribution in [1.82, 2.24) is 0 Å². The van der Waals surface area contributed by atoms with Crippen LogP contribution in [0.15, 0.2) is 72.8 Å². The molecule has 3 rings (SSSR count). The van der Waals surface area contributed by atoms with Crippen LogP contribution in [0.5, 0.6) is 0 Å². The average Bonchev–Trinajstić information content (AvgIpc) is 3.20. The first kappa shape index (κ1) is 19.1. The number of amides is 1. The Morgan fingerprint density at radius 2 is 1.89 bits per heavy atom. The number of nitrogens with one attached hydrogen (secondary N) is 1. The zero-order chi connectivity index (χ0) is 19.8. The highest BCUT2D eigenvalue weighted by molar-refractivity contribution is 7.16. The van der Waals surface area contributed by atoms with E-state index in [0.717, 1.165) is 15.3 Å². The van der Waals surface area contributed by atoms with Gasteiger partial charge in [-0.2, -0.15) is 5.26 Å². The van der Waals surface area contributed by atoms with Gasteiger partial charge in [0.1, 0.15) is 0 Å². The van der Waals surface area contributed by atoms with Crippen LogP contribution in [0.25, 0.3) is 16.5 Å². The van der Waals surface area contributed by atoms with Crippen molar-refractivity contribution in [3.63, 3.8) is 0 Å². The molecule has 1 aromatic heterocycles. The number of hydrogen-bond acceptors (Lipinski definition) is 5. The lowest BCUT2D eigenvalue weighted by Gasteiger charge is -2.05. The van der Waals surface area contributed by atoms with Gasteiger partial charge >= 0.3 is 5.97 Å². The number of benzene rings is 2. The van der Waals surface area contributed by atoms with Crippen molar-refractivity contribution in [3.8, 4) is 16.5 Å². The zero-order valence-electron chi connectivity index (χ0n) is 14.8. The topological polar surface area (TPSA) is 79.2 Å². The van der Waals surface area contributed by atoms with E-state index in [2.05, 4.69) is 5.32 Å². The van der Waals surface area contributed by atoms with Crippen LogP contribution in [0.4, 0.5) is 5.69 Å². The molecule has 0 saturated carbocycles. The Kier molecular flexibility index (Phi) is 6.34. The first-order valence-electron chi connectivity index (χ1n) is 8.44. The molecule has 1 N–H and O–H groups in total. The Balaban J connectivity index is 1.49. The quantitative estimate of drug-likeness (QED) is 0.499. The predicted molar refractivity (Wildman–Crippen MR) is 110 cm³/mol. The Bertz CT molecular complexity index is 1050. The molecule has 1 amide bonds. The number of anilines is 1. The van der Waals surface area contributed by atoms with E-state index >= 15 is 0 Å².